The average molecular weight is 298 g/mol. The maximum Gasteiger partial charge on any atom is 0.338 e. The molecule has 1 saturated carbocycles. The fraction of sp³-hybridized carbons (Fsp3) is 0.429. The third-order valence-electron chi connectivity index (χ3n) is 3.69. The number of nitrogens with one attached hydrogen (secondary N) is 1. The van der Waals surface area contributed by atoms with Gasteiger partial charge in [0.1, 0.15) is 11.6 Å². The van der Waals surface area contributed by atoms with Gasteiger partial charge in [-0.2, -0.15) is 0 Å². The molecule has 114 valence electrons. The molecule has 0 saturated heterocycles. The van der Waals surface area contributed by atoms with Gasteiger partial charge in [-0.3, -0.25) is 4.79 Å². The molecule has 0 radical (unpaired) electrons. The lowest BCUT2D eigenvalue weighted by atomic mass is 9.86. The molecule has 5 nitrogen and oxygen atoms in total. The van der Waals surface area contributed by atoms with Crippen LogP contribution < -0.4 is 11.1 Å². The fourth-order valence-electron chi connectivity index (χ4n) is 2.42. The van der Waals surface area contributed by atoms with Gasteiger partial charge in [0, 0.05) is 18.0 Å². The van der Waals surface area contributed by atoms with Crippen LogP contribution in [0.2, 0.25) is 0 Å². The SMILES string of the molecule is NC1CCC(C(=O)Nc2cc(C(=O)O)c(F)cc2F)CC1. The van der Waals surface area contributed by atoms with Gasteiger partial charge in [0.15, 0.2) is 0 Å². The number of carboxylic acid groups (broad SMARTS) is 1. The molecule has 0 bridgehead atoms. The highest BCUT2D eigenvalue weighted by Crippen LogP contribution is 2.26. The summed E-state index contributed by atoms with van der Waals surface area (Å²) in [4.78, 5) is 22.9. The molecule has 7 heteroatoms. The standard InChI is InChI=1S/C14H16F2N2O3/c15-10-6-11(16)12(5-9(10)14(20)21)18-13(19)7-1-3-8(17)4-2-7/h5-8H,1-4,17H2,(H,18,19)(H,20,21). The molecule has 2 rings (SSSR count). The van der Waals surface area contributed by atoms with Crippen LogP contribution in [0.3, 0.4) is 0 Å². The van der Waals surface area contributed by atoms with E-state index in [-0.39, 0.29) is 17.6 Å². The van der Waals surface area contributed by atoms with Crippen LogP contribution in [0.15, 0.2) is 12.1 Å². The molecule has 0 unspecified atom stereocenters. The normalized spacial score (nSPS) is 21.9. The van der Waals surface area contributed by atoms with E-state index < -0.39 is 29.1 Å². The minimum Gasteiger partial charge on any atom is -0.478 e. The Hall–Kier alpha value is -2.02. The highest BCUT2D eigenvalue weighted by Gasteiger charge is 2.25. The number of rotatable bonds is 3. The number of carboxylic acids is 1. The summed E-state index contributed by atoms with van der Waals surface area (Å²) < 4.78 is 26.9. The second-order valence-electron chi connectivity index (χ2n) is 5.22. The van der Waals surface area contributed by atoms with E-state index in [2.05, 4.69) is 5.32 Å². The van der Waals surface area contributed by atoms with Crippen LogP contribution in [-0.2, 0) is 4.79 Å². The Morgan fingerprint density at radius 1 is 1.14 bits per heavy atom. The van der Waals surface area contributed by atoms with Crippen molar-refractivity contribution in [2.45, 2.75) is 31.7 Å². The molecule has 1 aromatic carbocycles. The summed E-state index contributed by atoms with van der Waals surface area (Å²) in [5.41, 5.74) is 4.74. The summed E-state index contributed by atoms with van der Waals surface area (Å²) in [6.45, 7) is 0. The highest BCUT2D eigenvalue weighted by atomic mass is 19.1. The Morgan fingerprint density at radius 2 is 1.76 bits per heavy atom. The summed E-state index contributed by atoms with van der Waals surface area (Å²) >= 11 is 0. The zero-order valence-corrected chi connectivity index (χ0v) is 11.2. The summed E-state index contributed by atoms with van der Waals surface area (Å²) in [7, 11) is 0. The molecule has 1 amide bonds. The lowest BCUT2D eigenvalue weighted by Gasteiger charge is -2.25. The first-order valence-corrected chi connectivity index (χ1v) is 6.67. The summed E-state index contributed by atoms with van der Waals surface area (Å²) in [5.74, 6) is -4.39. The molecular formula is C14H16F2N2O3. The van der Waals surface area contributed by atoms with Gasteiger partial charge in [0.2, 0.25) is 5.91 Å². The molecule has 1 aliphatic rings. The number of halogens is 2. The van der Waals surface area contributed by atoms with Gasteiger partial charge in [-0.05, 0) is 31.7 Å². The Balaban J connectivity index is 2.13. The lowest BCUT2D eigenvalue weighted by Crippen LogP contribution is -2.32. The van der Waals surface area contributed by atoms with Crippen molar-refractivity contribution in [3.05, 3.63) is 29.3 Å². The van der Waals surface area contributed by atoms with Gasteiger partial charge in [0.05, 0.1) is 11.3 Å². The van der Waals surface area contributed by atoms with Crippen molar-refractivity contribution in [1.82, 2.24) is 0 Å². The third kappa shape index (κ3) is 3.55. The summed E-state index contributed by atoms with van der Waals surface area (Å²) in [5, 5.41) is 11.1. The van der Waals surface area contributed by atoms with Gasteiger partial charge in [-0.15, -0.1) is 0 Å². The van der Waals surface area contributed by atoms with E-state index >= 15 is 0 Å². The average Bonchev–Trinajstić information content (AvgIpc) is 2.42. The number of aromatic carboxylic acids is 1. The van der Waals surface area contributed by atoms with Crippen molar-refractivity contribution in [1.29, 1.82) is 0 Å². The second kappa shape index (κ2) is 6.17. The van der Waals surface area contributed by atoms with Crippen LogP contribution in [0.5, 0.6) is 0 Å². The van der Waals surface area contributed by atoms with E-state index in [9.17, 15) is 18.4 Å². The van der Waals surface area contributed by atoms with Crippen molar-refractivity contribution >= 4 is 17.6 Å². The maximum atomic E-state index is 13.6. The number of carbonyl (C=O) groups is 2. The van der Waals surface area contributed by atoms with E-state index in [1.165, 1.54) is 0 Å². The minimum absolute atomic E-state index is 0.0789. The Kier molecular flexibility index (Phi) is 4.52. The van der Waals surface area contributed by atoms with Crippen molar-refractivity contribution in [3.8, 4) is 0 Å². The predicted molar refractivity (Wildman–Crippen MR) is 71.9 cm³/mol. The fourth-order valence-corrected chi connectivity index (χ4v) is 2.42. The van der Waals surface area contributed by atoms with Crippen LogP contribution in [0.25, 0.3) is 0 Å². The minimum atomic E-state index is -1.52. The third-order valence-corrected chi connectivity index (χ3v) is 3.69. The van der Waals surface area contributed by atoms with E-state index in [4.69, 9.17) is 10.8 Å². The van der Waals surface area contributed by atoms with Gasteiger partial charge in [0.25, 0.3) is 0 Å². The van der Waals surface area contributed by atoms with Crippen LogP contribution in [0.1, 0.15) is 36.0 Å². The zero-order valence-electron chi connectivity index (χ0n) is 11.2. The first kappa shape index (κ1) is 15.4. The smallest absolute Gasteiger partial charge is 0.338 e. The van der Waals surface area contributed by atoms with E-state index in [0.29, 0.717) is 31.7 Å². The predicted octanol–water partition coefficient (Wildman–Crippen LogP) is 2.12. The van der Waals surface area contributed by atoms with E-state index in [0.717, 1.165) is 6.07 Å². The molecule has 0 aromatic heterocycles. The molecule has 1 aromatic rings. The van der Waals surface area contributed by atoms with Crippen molar-refractivity contribution < 1.29 is 23.5 Å². The van der Waals surface area contributed by atoms with E-state index in [1.807, 2.05) is 0 Å². The first-order chi connectivity index (χ1) is 9.88. The summed E-state index contributed by atoms with van der Waals surface area (Å²) in [6, 6.07) is 1.32. The number of amides is 1. The number of benzene rings is 1. The highest BCUT2D eigenvalue weighted by molar-refractivity contribution is 5.95. The molecule has 0 atom stereocenters. The van der Waals surface area contributed by atoms with E-state index in [1.54, 1.807) is 0 Å². The van der Waals surface area contributed by atoms with Crippen LogP contribution in [-0.4, -0.2) is 23.0 Å². The number of hydrogen-bond donors (Lipinski definition) is 3. The molecule has 0 heterocycles. The van der Waals surface area contributed by atoms with Crippen LogP contribution >= 0.6 is 0 Å². The molecule has 21 heavy (non-hydrogen) atoms. The largest absolute Gasteiger partial charge is 0.478 e. The number of hydrogen-bond acceptors (Lipinski definition) is 3. The molecule has 0 spiro atoms. The van der Waals surface area contributed by atoms with Crippen molar-refractivity contribution in [3.63, 3.8) is 0 Å². The monoisotopic (exact) mass is 298 g/mol. The van der Waals surface area contributed by atoms with Gasteiger partial charge >= 0.3 is 5.97 Å². The second-order valence-corrected chi connectivity index (χ2v) is 5.22. The topological polar surface area (TPSA) is 92.4 Å². The summed E-state index contributed by atoms with van der Waals surface area (Å²) in [6.07, 6.45) is 2.62. The molecule has 1 fully saturated rings. The first-order valence-electron chi connectivity index (χ1n) is 6.67. The molecule has 4 N–H and O–H groups in total. The van der Waals surface area contributed by atoms with Crippen LogP contribution in [0.4, 0.5) is 14.5 Å². The zero-order chi connectivity index (χ0) is 15.6. The Bertz CT molecular complexity index is 570. The number of nitrogens with two attached hydrogens (primary N) is 1. The molecular weight excluding hydrogens is 282 g/mol. The van der Waals surface area contributed by atoms with Crippen molar-refractivity contribution in [2.24, 2.45) is 11.7 Å². The maximum absolute atomic E-state index is 13.6. The Labute approximate surface area is 120 Å². The van der Waals surface area contributed by atoms with Gasteiger partial charge < -0.3 is 16.2 Å². The Morgan fingerprint density at radius 3 is 2.33 bits per heavy atom. The van der Waals surface area contributed by atoms with Gasteiger partial charge in [-0.1, -0.05) is 0 Å². The lowest BCUT2D eigenvalue weighted by molar-refractivity contribution is -0.120. The van der Waals surface area contributed by atoms with Crippen LogP contribution in [0, 0.1) is 17.6 Å². The molecule has 0 aliphatic heterocycles. The van der Waals surface area contributed by atoms with Gasteiger partial charge in [-0.25, -0.2) is 13.6 Å². The number of carbonyl (C=O) groups excluding carboxylic acids is 1. The molecule has 1 aliphatic carbocycles. The van der Waals surface area contributed by atoms with Crippen molar-refractivity contribution in [2.75, 3.05) is 5.32 Å². The number of anilines is 1. The quantitative estimate of drug-likeness (QED) is 0.797.